The third kappa shape index (κ3) is 2.82. The van der Waals surface area contributed by atoms with E-state index in [9.17, 15) is 5.11 Å². The average molecular weight is 282 g/mol. The maximum Gasteiger partial charge on any atom is 0.162 e. The summed E-state index contributed by atoms with van der Waals surface area (Å²) in [5, 5.41) is 15.2. The lowest BCUT2D eigenvalue weighted by atomic mass is 10.0. The molecule has 0 amide bonds. The summed E-state index contributed by atoms with van der Waals surface area (Å²) < 4.78 is 7.23. The molecule has 1 aromatic heterocycles. The minimum absolute atomic E-state index is 0.0526. The molecule has 2 atom stereocenters. The highest BCUT2D eigenvalue weighted by atomic mass is 16.5. The maximum absolute atomic E-state index is 10.9. The van der Waals surface area contributed by atoms with E-state index in [1.807, 2.05) is 4.68 Å². The fourth-order valence-corrected chi connectivity index (χ4v) is 2.77. The molecule has 2 rings (SSSR count). The lowest BCUT2D eigenvalue weighted by molar-refractivity contribution is 0.00788. The van der Waals surface area contributed by atoms with Gasteiger partial charge in [0.25, 0.3) is 0 Å². The number of ether oxygens (including phenoxy) is 1. The summed E-state index contributed by atoms with van der Waals surface area (Å²) in [6.07, 6.45) is 1.08. The molecule has 1 fully saturated rings. The Kier molecular flexibility index (Phi) is 4.67. The van der Waals surface area contributed by atoms with Crippen LogP contribution in [-0.4, -0.2) is 71.6 Å². The summed E-state index contributed by atoms with van der Waals surface area (Å²) >= 11 is 0. The summed E-state index contributed by atoms with van der Waals surface area (Å²) in [6.45, 7) is 6.93. The van der Waals surface area contributed by atoms with Crippen molar-refractivity contribution >= 4 is 0 Å². The summed E-state index contributed by atoms with van der Waals surface area (Å²) in [4.78, 5) is 4.46. The highest BCUT2D eigenvalue weighted by Crippen LogP contribution is 2.31. The van der Waals surface area contributed by atoms with E-state index in [0.29, 0.717) is 5.75 Å². The first-order valence-electron chi connectivity index (χ1n) is 7.14. The van der Waals surface area contributed by atoms with Gasteiger partial charge in [0.1, 0.15) is 11.8 Å². The molecule has 0 aromatic carbocycles. The van der Waals surface area contributed by atoms with Crippen molar-refractivity contribution in [3.05, 3.63) is 11.9 Å². The first-order chi connectivity index (χ1) is 9.45. The topological polar surface area (TPSA) is 53.8 Å². The molecule has 114 valence electrons. The molecule has 1 saturated heterocycles. The van der Waals surface area contributed by atoms with Crippen molar-refractivity contribution in [2.24, 2.45) is 0 Å². The van der Waals surface area contributed by atoms with Crippen LogP contribution in [0.1, 0.15) is 31.7 Å². The normalized spacial score (nSPS) is 23.2. The minimum Gasteiger partial charge on any atom is -0.493 e. The highest BCUT2D eigenvalue weighted by molar-refractivity contribution is 5.29. The third-order valence-electron chi connectivity index (χ3n) is 4.05. The van der Waals surface area contributed by atoms with Gasteiger partial charge in [-0.2, -0.15) is 5.10 Å². The molecule has 0 radical (unpaired) electrons. The molecule has 1 aliphatic rings. The van der Waals surface area contributed by atoms with Crippen molar-refractivity contribution in [1.29, 1.82) is 0 Å². The quantitative estimate of drug-likeness (QED) is 0.883. The van der Waals surface area contributed by atoms with Gasteiger partial charge in [-0.05, 0) is 27.9 Å². The molecule has 6 nitrogen and oxygen atoms in total. The van der Waals surface area contributed by atoms with Crippen molar-refractivity contribution < 1.29 is 9.84 Å². The lowest BCUT2D eigenvalue weighted by Crippen LogP contribution is -2.52. The second-order valence-electron chi connectivity index (χ2n) is 5.89. The third-order valence-corrected chi connectivity index (χ3v) is 4.05. The van der Waals surface area contributed by atoms with E-state index in [2.05, 4.69) is 42.8 Å². The van der Waals surface area contributed by atoms with Gasteiger partial charge in [0.2, 0.25) is 0 Å². The van der Waals surface area contributed by atoms with Gasteiger partial charge in [0, 0.05) is 25.7 Å². The number of aliphatic hydroxyl groups is 1. The van der Waals surface area contributed by atoms with Crippen LogP contribution in [-0.2, 0) is 0 Å². The SMILES string of the molecule is COc1cnn(C(C)C)c1C(O)C1CN(C)CCN1C. The Balaban J connectivity index is 2.31. The van der Waals surface area contributed by atoms with Crippen LogP contribution in [0.4, 0.5) is 0 Å². The Morgan fingerprint density at radius 1 is 1.35 bits per heavy atom. The Hall–Kier alpha value is -1.11. The number of hydrogen-bond donors (Lipinski definition) is 1. The van der Waals surface area contributed by atoms with Gasteiger partial charge in [-0.3, -0.25) is 9.58 Å². The van der Waals surface area contributed by atoms with Crippen molar-refractivity contribution in [3.63, 3.8) is 0 Å². The predicted molar refractivity (Wildman–Crippen MR) is 78.0 cm³/mol. The molecule has 1 aromatic rings. The smallest absolute Gasteiger partial charge is 0.162 e. The summed E-state index contributed by atoms with van der Waals surface area (Å²) in [5.41, 5.74) is 0.773. The van der Waals surface area contributed by atoms with Crippen LogP contribution < -0.4 is 4.74 Å². The number of nitrogens with zero attached hydrogens (tertiary/aromatic N) is 4. The molecule has 0 bridgehead atoms. The molecular formula is C14H26N4O2. The zero-order valence-electron chi connectivity index (χ0n) is 13.1. The molecule has 1 N–H and O–H groups in total. The van der Waals surface area contributed by atoms with Crippen LogP contribution in [0, 0.1) is 0 Å². The predicted octanol–water partition coefficient (Wildman–Crippen LogP) is 0.752. The Morgan fingerprint density at radius 2 is 2.05 bits per heavy atom. The number of likely N-dealkylation sites (N-methyl/N-ethyl adjacent to an activating group) is 2. The van der Waals surface area contributed by atoms with E-state index in [0.717, 1.165) is 25.3 Å². The van der Waals surface area contributed by atoms with Crippen molar-refractivity contribution in [2.45, 2.75) is 32.0 Å². The highest BCUT2D eigenvalue weighted by Gasteiger charge is 2.34. The maximum atomic E-state index is 10.9. The lowest BCUT2D eigenvalue weighted by Gasteiger charge is -2.40. The molecule has 0 saturated carbocycles. The van der Waals surface area contributed by atoms with Gasteiger partial charge >= 0.3 is 0 Å². The van der Waals surface area contributed by atoms with Gasteiger partial charge in [-0.15, -0.1) is 0 Å². The van der Waals surface area contributed by atoms with Gasteiger partial charge in [-0.25, -0.2) is 0 Å². The molecule has 2 unspecified atom stereocenters. The molecule has 0 aliphatic carbocycles. The number of aromatic nitrogens is 2. The Morgan fingerprint density at radius 3 is 2.65 bits per heavy atom. The average Bonchev–Trinajstić information content (AvgIpc) is 2.84. The van der Waals surface area contributed by atoms with Gasteiger partial charge in [0.15, 0.2) is 5.75 Å². The Bertz CT molecular complexity index is 446. The first kappa shape index (κ1) is 15.3. The van der Waals surface area contributed by atoms with Crippen molar-refractivity contribution in [2.75, 3.05) is 40.8 Å². The fourth-order valence-electron chi connectivity index (χ4n) is 2.77. The molecule has 6 heteroatoms. The summed E-state index contributed by atoms with van der Waals surface area (Å²) in [7, 11) is 5.77. The zero-order valence-corrected chi connectivity index (χ0v) is 13.1. The molecule has 0 spiro atoms. The minimum atomic E-state index is -0.609. The van der Waals surface area contributed by atoms with Gasteiger partial charge in [-0.1, -0.05) is 0 Å². The number of hydrogen-bond acceptors (Lipinski definition) is 5. The van der Waals surface area contributed by atoms with E-state index in [-0.39, 0.29) is 12.1 Å². The summed E-state index contributed by atoms with van der Waals surface area (Å²) in [6, 6.07) is 0.243. The van der Waals surface area contributed by atoms with Crippen LogP contribution >= 0.6 is 0 Å². The van der Waals surface area contributed by atoms with Gasteiger partial charge < -0.3 is 14.7 Å². The standard InChI is InChI=1S/C14H26N4O2/c1-10(2)18-13(12(20-5)8-15-18)14(19)11-9-16(3)6-7-17(11)4/h8,10-11,14,19H,6-7,9H2,1-5H3. The van der Waals surface area contributed by atoms with E-state index < -0.39 is 6.10 Å². The largest absolute Gasteiger partial charge is 0.493 e. The first-order valence-corrected chi connectivity index (χ1v) is 7.14. The second-order valence-corrected chi connectivity index (χ2v) is 5.89. The number of rotatable bonds is 4. The second kappa shape index (κ2) is 6.11. The fraction of sp³-hybridized carbons (Fsp3) is 0.786. The molecule has 1 aliphatic heterocycles. The molecular weight excluding hydrogens is 256 g/mol. The van der Waals surface area contributed by atoms with Crippen LogP contribution in [0.2, 0.25) is 0 Å². The summed E-state index contributed by atoms with van der Waals surface area (Å²) in [5.74, 6) is 0.660. The van der Waals surface area contributed by atoms with E-state index in [4.69, 9.17) is 4.74 Å². The number of piperazine rings is 1. The van der Waals surface area contributed by atoms with Crippen LogP contribution in [0.3, 0.4) is 0 Å². The van der Waals surface area contributed by atoms with Crippen molar-refractivity contribution in [1.82, 2.24) is 19.6 Å². The zero-order chi connectivity index (χ0) is 14.9. The molecule has 20 heavy (non-hydrogen) atoms. The van der Waals surface area contributed by atoms with Gasteiger partial charge in [0.05, 0.1) is 19.3 Å². The molecule has 2 heterocycles. The van der Waals surface area contributed by atoms with E-state index in [1.54, 1.807) is 13.3 Å². The van der Waals surface area contributed by atoms with E-state index >= 15 is 0 Å². The number of aliphatic hydroxyl groups excluding tert-OH is 1. The Labute approximate surface area is 120 Å². The van der Waals surface area contributed by atoms with Crippen LogP contribution in [0.25, 0.3) is 0 Å². The van der Waals surface area contributed by atoms with Crippen LogP contribution in [0.5, 0.6) is 5.75 Å². The number of methoxy groups -OCH3 is 1. The monoisotopic (exact) mass is 282 g/mol. The van der Waals surface area contributed by atoms with Crippen LogP contribution in [0.15, 0.2) is 6.20 Å². The van der Waals surface area contributed by atoms with Crippen molar-refractivity contribution in [3.8, 4) is 5.75 Å². The van der Waals surface area contributed by atoms with E-state index in [1.165, 1.54) is 0 Å².